The van der Waals surface area contributed by atoms with Crippen molar-refractivity contribution in [3.05, 3.63) is 51.9 Å². The summed E-state index contributed by atoms with van der Waals surface area (Å²) in [7, 11) is 0. The molecule has 1 heterocycles. The Morgan fingerprint density at radius 3 is 2.52 bits per heavy atom. The monoisotopic (exact) mass is 286 g/mol. The van der Waals surface area contributed by atoms with Crippen LogP contribution in [0.1, 0.15) is 23.0 Å². The summed E-state index contributed by atoms with van der Waals surface area (Å²) in [5.74, 6) is -0.646. The normalized spacial score (nSPS) is 10.0. The molecule has 0 saturated carbocycles. The molecular formula is C14H14N4O3. The highest BCUT2D eigenvalue weighted by Crippen LogP contribution is 2.20. The Bertz CT molecular complexity index is 732. The van der Waals surface area contributed by atoms with Gasteiger partial charge in [0.15, 0.2) is 0 Å². The summed E-state index contributed by atoms with van der Waals surface area (Å²) < 4.78 is 0. The first-order chi connectivity index (χ1) is 9.95. The molecule has 2 amide bonds. The quantitative estimate of drug-likeness (QED) is 0.790. The van der Waals surface area contributed by atoms with Crippen LogP contribution in [0.15, 0.2) is 35.1 Å². The third-order valence-electron chi connectivity index (χ3n) is 2.72. The Morgan fingerprint density at radius 1 is 1.14 bits per heavy atom. The van der Waals surface area contributed by atoms with Crippen molar-refractivity contribution in [2.75, 3.05) is 10.6 Å². The molecule has 0 aliphatic rings. The van der Waals surface area contributed by atoms with Gasteiger partial charge in [-0.15, -0.1) is 0 Å². The van der Waals surface area contributed by atoms with Gasteiger partial charge in [0.1, 0.15) is 5.69 Å². The standard InChI is InChI=1S/C14H14N4O3/c1-8-3-4-10(15-9(2)19)7-12(8)16-14(21)11-5-6-13(20)18-17-11/h3-7H,1-2H3,(H,15,19)(H,16,21)(H,18,20). The summed E-state index contributed by atoms with van der Waals surface area (Å²) in [6.07, 6.45) is 0. The molecule has 0 bridgehead atoms. The zero-order valence-corrected chi connectivity index (χ0v) is 11.6. The van der Waals surface area contributed by atoms with E-state index in [0.29, 0.717) is 11.4 Å². The number of benzene rings is 1. The Balaban J connectivity index is 2.21. The van der Waals surface area contributed by atoms with E-state index in [2.05, 4.69) is 20.8 Å². The maximum Gasteiger partial charge on any atom is 0.276 e. The van der Waals surface area contributed by atoms with E-state index in [1.807, 2.05) is 6.92 Å². The van der Waals surface area contributed by atoms with Crippen LogP contribution in [0.2, 0.25) is 0 Å². The van der Waals surface area contributed by atoms with E-state index in [1.54, 1.807) is 18.2 Å². The molecule has 2 rings (SSSR count). The number of anilines is 2. The predicted octanol–water partition coefficient (Wildman–Crippen LogP) is 1.29. The van der Waals surface area contributed by atoms with Crippen molar-refractivity contribution in [3.8, 4) is 0 Å². The van der Waals surface area contributed by atoms with Gasteiger partial charge in [0.25, 0.3) is 11.5 Å². The lowest BCUT2D eigenvalue weighted by Gasteiger charge is -2.10. The topological polar surface area (TPSA) is 104 Å². The summed E-state index contributed by atoms with van der Waals surface area (Å²) in [4.78, 5) is 34.0. The fourth-order valence-corrected chi connectivity index (χ4v) is 1.69. The van der Waals surface area contributed by atoms with Crippen molar-refractivity contribution >= 4 is 23.2 Å². The Hall–Kier alpha value is -2.96. The SMILES string of the molecule is CC(=O)Nc1ccc(C)c(NC(=O)c2ccc(=O)[nH]n2)c1. The van der Waals surface area contributed by atoms with Gasteiger partial charge in [-0.1, -0.05) is 6.07 Å². The summed E-state index contributed by atoms with van der Waals surface area (Å²) in [6.45, 7) is 3.23. The third kappa shape index (κ3) is 3.75. The molecule has 7 nitrogen and oxygen atoms in total. The lowest BCUT2D eigenvalue weighted by atomic mass is 10.1. The molecule has 0 fully saturated rings. The van der Waals surface area contributed by atoms with Gasteiger partial charge in [-0.25, -0.2) is 5.10 Å². The minimum absolute atomic E-state index is 0.0962. The molecule has 108 valence electrons. The van der Waals surface area contributed by atoms with E-state index in [9.17, 15) is 14.4 Å². The molecule has 0 aliphatic heterocycles. The molecule has 1 aromatic heterocycles. The number of amides is 2. The number of aromatic nitrogens is 2. The average Bonchev–Trinajstić information content (AvgIpc) is 2.42. The highest BCUT2D eigenvalue weighted by Gasteiger charge is 2.10. The van der Waals surface area contributed by atoms with Crippen LogP contribution in [0.25, 0.3) is 0 Å². The highest BCUT2D eigenvalue weighted by molar-refractivity contribution is 6.03. The van der Waals surface area contributed by atoms with Gasteiger partial charge < -0.3 is 10.6 Å². The van der Waals surface area contributed by atoms with Crippen LogP contribution >= 0.6 is 0 Å². The van der Waals surface area contributed by atoms with Gasteiger partial charge in [0.2, 0.25) is 5.91 Å². The van der Waals surface area contributed by atoms with Crippen LogP contribution in [-0.2, 0) is 4.79 Å². The number of H-pyrrole nitrogens is 1. The van der Waals surface area contributed by atoms with Crippen molar-refractivity contribution in [1.82, 2.24) is 10.2 Å². The van der Waals surface area contributed by atoms with E-state index in [4.69, 9.17) is 0 Å². The minimum Gasteiger partial charge on any atom is -0.326 e. The van der Waals surface area contributed by atoms with Gasteiger partial charge in [0.05, 0.1) is 0 Å². The smallest absolute Gasteiger partial charge is 0.276 e. The molecule has 21 heavy (non-hydrogen) atoms. The maximum atomic E-state index is 12.0. The van der Waals surface area contributed by atoms with Crippen molar-refractivity contribution in [2.45, 2.75) is 13.8 Å². The second-order valence-corrected chi connectivity index (χ2v) is 4.47. The van der Waals surface area contributed by atoms with E-state index >= 15 is 0 Å². The van der Waals surface area contributed by atoms with Gasteiger partial charge in [0, 0.05) is 24.4 Å². The lowest BCUT2D eigenvalue weighted by Crippen LogP contribution is -2.18. The van der Waals surface area contributed by atoms with Crippen molar-refractivity contribution in [3.63, 3.8) is 0 Å². The van der Waals surface area contributed by atoms with E-state index in [-0.39, 0.29) is 17.2 Å². The largest absolute Gasteiger partial charge is 0.326 e. The molecule has 0 radical (unpaired) electrons. The lowest BCUT2D eigenvalue weighted by molar-refractivity contribution is -0.114. The van der Waals surface area contributed by atoms with Crippen LogP contribution in [0.3, 0.4) is 0 Å². The second kappa shape index (κ2) is 6.00. The van der Waals surface area contributed by atoms with Crippen LogP contribution in [0.4, 0.5) is 11.4 Å². The van der Waals surface area contributed by atoms with Gasteiger partial charge >= 0.3 is 0 Å². The zero-order valence-electron chi connectivity index (χ0n) is 11.6. The number of carbonyl (C=O) groups is 2. The van der Waals surface area contributed by atoms with Crippen LogP contribution in [-0.4, -0.2) is 22.0 Å². The van der Waals surface area contributed by atoms with Gasteiger partial charge in [-0.3, -0.25) is 14.4 Å². The number of hydrogen-bond donors (Lipinski definition) is 3. The molecule has 0 atom stereocenters. The molecule has 0 unspecified atom stereocenters. The summed E-state index contributed by atoms with van der Waals surface area (Å²) in [5.41, 5.74) is 1.69. The zero-order chi connectivity index (χ0) is 15.4. The molecule has 0 aliphatic carbocycles. The fourth-order valence-electron chi connectivity index (χ4n) is 1.69. The maximum absolute atomic E-state index is 12.0. The molecule has 0 spiro atoms. The van der Waals surface area contributed by atoms with Crippen molar-refractivity contribution in [2.24, 2.45) is 0 Å². The number of aromatic amines is 1. The van der Waals surface area contributed by atoms with E-state index in [1.165, 1.54) is 19.1 Å². The van der Waals surface area contributed by atoms with Crippen LogP contribution < -0.4 is 16.2 Å². The van der Waals surface area contributed by atoms with E-state index < -0.39 is 5.91 Å². The first-order valence-electron chi connectivity index (χ1n) is 6.21. The summed E-state index contributed by atoms with van der Waals surface area (Å²) in [5, 5.41) is 11.2. The third-order valence-corrected chi connectivity index (χ3v) is 2.72. The number of carbonyl (C=O) groups excluding carboxylic acids is 2. The minimum atomic E-state index is -0.450. The van der Waals surface area contributed by atoms with Crippen molar-refractivity contribution in [1.29, 1.82) is 0 Å². The Kier molecular flexibility index (Phi) is 4.13. The first kappa shape index (κ1) is 14.4. The number of aryl methyl sites for hydroxylation is 1. The Labute approximate surface area is 120 Å². The second-order valence-electron chi connectivity index (χ2n) is 4.47. The first-order valence-corrected chi connectivity index (χ1v) is 6.21. The van der Waals surface area contributed by atoms with Gasteiger partial charge in [-0.2, -0.15) is 5.10 Å². The molecule has 7 heteroatoms. The van der Waals surface area contributed by atoms with Crippen LogP contribution in [0, 0.1) is 6.92 Å². The van der Waals surface area contributed by atoms with Crippen LogP contribution in [0.5, 0.6) is 0 Å². The molecule has 1 aromatic carbocycles. The number of hydrogen-bond acceptors (Lipinski definition) is 4. The number of nitrogens with one attached hydrogen (secondary N) is 3. The van der Waals surface area contributed by atoms with E-state index in [0.717, 1.165) is 5.56 Å². The Morgan fingerprint density at radius 2 is 1.90 bits per heavy atom. The molecule has 3 N–H and O–H groups in total. The van der Waals surface area contributed by atoms with Gasteiger partial charge in [-0.05, 0) is 30.7 Å². The average molecular weight is 286 g/mol. The highest BCUT2D eigenvalue weighted by atomic mass is 16.2. The number of nitrogens with zero attached hydrogens (tertiary/aromatic N) is 1. The summed E-state index contributed by atoms with van der Waals surface area (Å²) in [6, 6.07) is 7.73. The van der Waals surface area contributed by atoms with Crippen molar-refractivity contribution < 1.29 is 9.59 Å². The predicted molar refractivity (Wildman–Crippen MR) is 78.3 cm³/mol. The summed E-state index contributed by atoms with van der Waals surface area (Å²) >= 11 is 0. The molecule has 2 aromatic rings. The molecule has 0 saturated heterocycles. The molecular weight excluding hydrogens is 272 g/mol. The fraction of sp³-hybridized carbons (Fsp3) is 0.143. The number of rotatable bonds is 3.